The van der Waals surface area contributed by atoms with Crippen LogP contribution in [0.15, 0.2) is 24.7 Å². The molecule has 1 atom stereocenters. The highest BCUT2D eigenvalue weighted by Crippen LogP contribution is 2.11. The summed E-state index contributed by atoms with van der Waals surface area (Å²) in [7, 11) is 0. The Bertz CT molecular complexity index is 626. The molecule has 7 nitrogen and oxygen atoms in total. The van der Waals surface area contributed by atoms with Gasteiger partial charge in [0, 0.05) is 18.7 Å². The molecule has 0 saturated heterocycles. The standard InChI is InChI=1S/C13H15ClN6O/c14-9-1-3-11(16-5-9)19-13(21)6-15-10-2-4-12-17-8-18-20(12)7-10/h1,3,5,8,10,15H,2,4,6-7H2,(H,16,19,21)/t10-/m0/s1. The molecular weight excluding hydrogens is 292 g/mol. The molecule has 0 fully saturated rings. The number of anilines is 1. The summed E-state index contributed by atoms with van der Waals surface area (Å²) in [5, 5.41) is 10.6. The molecular formula is C13H15ClN6O. The number of aryl methyl sites for hydroxylation is 1. The minimum Gasteiger partial charge on any atom is -0.310 e. The van der Waals surface area contributed by atoms with E-state index < -0.39 is 0 Å². The summed E-state index contributed by atoms with van der Waals surface area (Å²) < 4.78 is 1.87. The van der Waals surface area contributed by atoms with Crippen LogP contribution in [0.5, 0.6) is 0 Å². The van der Waals surface area contributed by atoms with Gasteiger partial charge in [0.25, 0.3) is 0 Å². The molecule has 0 unspecified atom stereocenters. The van der Waals surface area contributed by atoms with Gasteiger partial charge in [-0.1, -0.05) is 11.6 Å². The van der Waals surface area contributed by atoms with E-state index >= 15 is 0 Å². The number of hydrogen-bond donors (Lipinski definition) is 2. The monoisotopic (exact) mass is 306 g/mol. The molecule has 0 aliphatic carbocycles. The van der Waals surface area contributed by atoms with Crippen molar-refractivity contribution in [2.24, 2.45) is 0 Å². The Morgan fingerprint density at radius 2 is 2.33 bits per heavy atom. The van der Waals surface area contributed by atoms with E-state index in [1.54, 1.807) is 18.5 Å². The third-order valence-corrected chi connectivity index (χ3v) is 3.58. The first-order valence-corrected chi connectivity index (χ1v) is 7.10. The lowest BCUT2D eigenvalue weighted by atomic mass is 10.1. The van der Waals surface area contributed by atoms with E-state index in [0.29, 0.717) is 10.8 Å². The molecule has 3 rings (SSSR count). The van der Waals surface area contributed by atoms with Crippen LogP contribution in [0.25, 0.3) is 0 Å². The molecule has 2 aromatic heterocycles. The highest BCUT2D eigenvalue weighted by molar-refractivity contribution is 6.30. The van der Waals surface area contributed by atoms with Gasteiger partial charge in [0.05, 0.1) is 18.1 Å². The number of hydrogen-bond acceptors (Lipinski definition) is 5. The molecule has 0 bridgehead atoms. The van der Waals surface area contributed by atoms with Gasteiger partial charge in [-0.15, -0.1) is 0 Å². The van der Waals surface area contributed by atoms with Crippen LogP contribution in [-0.2, 0) is 17.8 Å². The van der Waals surface area contributed by atoms with Crippen molar-refractivity contribution in [1.29, 1.82) is 0 Å². The van der Waals surface area contributed by atoms with Crippen LogP contribution in [0, 0.1) is 0 Å². The molecule has 0 spiro atoms. The van der Waals surface area contributed by atoms with Gasteiger partial charge in [0.15, 0.2) is 0 Å². The predicted molar refractivity (Wildman–Crippen MR) is 78.0 cm³/mol. The average molecular weight is 307 g/mol. The van der Waals surface area contributed by atoms with E-state index in [-0.39, 0.29) is 18.5 Å². The van der Waals surface area contributed by atoms with Crippen LogP contribution in [0.3, 0.4) is 0 Å². The van der Waals surface area contributed by atoms with Crippen molar-refractivity contribution in [3.05, 3.63) is 35.5 Å². The van der Waals surface area contributed by atoms with Gasteiger partial charge in [-0.2, -0.15) is 5.10 Å². The van der Waals surface area contributed by atoms with E-state index in [1.807, 2.05) is 4.68 Å². The number of amides is 1. The predicted octanol–water partition coefficient (Wildman–Crippen LogP) is 0.870. The molecule has 110 valence electrons. The highest BCUT2D eigenvalue weighted by atomic mass is 35.5. The zero-order valence-corrected chi connectivity index (χ0v) is 12.0. The van der Waals surface area contributed by atoms with Crippen molar-refractivity contribution in [1.82, 2.24) is 25.1 Å². The molecule has 1 aliphatic rings. The van der Waals surface area contributed by atoms with E-state index in [1.165, 1.54) is 6.20 Å². The van der Waals surface area contributed by atoms with Gasteiger partial charge < -0.3 is 10.6 Å². The van der Waals surface area contributed by atoms with E-state index in [9.17, 15) is 4.79 Å². The highest BCUT2D eigenvalue weighted by Gasteiger charge is 2.19. The van der Waals surface area contributed by atoms with Crippen LogP contribution in [-0.4, -0.2) is 38.2 Å². The maximum atomic E-state index is 11.9. The molecule has 3 heterocycles. The molecule has 0 saturated carbocycles. The van der Waals surface area contributed by atoms with Crippen LogP contribution < -0.4 is 10.6 Å². The van der Waals surface area contributed by atoms with E-state index in [0.717, 1.165) is 25.2 Å². The smallest absolute Gasteiger partial charge is 0.239 e. The number of nitrogens with zero attached hydrogens (tertiary/aromatic N) is 4. The second-order valence-electron chi connectivity index (χ2n) is 4.88. The van der Waals surface area contributed by atoms with Gasteiger partial charge in [0.2, 0.25) is 5.91 Å². The maximum Gasteiger partial charge on any atom is 0.239 e. The Morgan fingerprint density at radius 3 is 3.14 bits per heavy atom. The number of fused-ring (bicyclic) bond motifs is 1. The number of pyridine rings is 1. The second-order valence-corrected chi connectivity index (χ2v) is 5.32. The Labute approximate surface area is 126 Å². The van der Waals surface area contributed by atoms with Gasteiger partial charge in [0.1, 0.15) is 18.0 Å². The Hall–Kier alpha value is -1.99. The molecule has 0 aromatic carbocycles. The Morgan fingerprint density at radius 1 is 1.43 bits per heavy atom. The largest absolute Gasteiger partial charge is 0.310 e. The number of rotatable bonds is 4. The lowest BCUT2D eigenvalue weighted by molar-refractivity contribution is -0.115. The first-order valence-electron chi connectivity index (χ1n) is 6.72. The van der Waals surface area contributed by atoms with Crippen LogP contribution >= 0.6 is 11.6 Å². The van der Waals surface area contributed by atoms with E-state index in [2.05, 4.69) is 25.7 Å². The topological polar surface area (TPSA) is 84.7 Å². The maximum absolute atomic E-state index is 11.9. The molecule has 2 aromatic rings. The Kier molecular flexibility index (Phi) is 4.12. The number of carbonyl (C=O) groups is 1. The minimum absolute atomic E-state index is 0.130. The normalized spacial score (nSPS) is 17.3. The van der Waals surface area contributed by atoms with Crippen molar-refractivity contribution in [2.75, 3.05) is 11.9 Å². The zero-order chi connectivity index (χ0) is 14.7. The quantitative estimate of drug-likeness (QED) is 0.875. The Balaban J connectivity index is 1.47. The van der Waals surface area contributed by atoms with Crippen LogP contribution in [0.1, 0.15) is 12.2 Å². The fraction of sp³-hybridized carbons (Fsp3) is 0.385. The third-order valence-electron chi connectivity index (χ3n) is 3.35. The summed E-state index contributed by atoms with van der Waals surface area (Å²) >= 11 is 5.74. The lowest BCUT2D eigenvalue weighted by Crippen LogP contribution is -2.41. The number of carbonyl (C=O) groups excluding carboxylic acids is 1. The van der Waals surface area contributed by atoms with Crippen molar-refractivity contribution < 1.29 is 4.79 Å². The summed E-state index contributed by atoms with van der Waals surface area (Å²) in [6.45, 7) is 0.973. The lowest BCUT2D eigenvalue weighted by Gasteiger charge is -2.23. The summed E-state index contributed by atoms with van der Waals surface area (Å²) in [5.41, 5.74) is 0. The van der Waals surface area contributed by atoms with Gasteiger partial charge in [-0.05, 0) is 18.6 Å². The summed E-state index contributed by atoms with van der Waals surface area (Å²) in [5.74, 6) is 1.37. The van der Waals surface area contributed by atoms with Gasteiger partial charge >= 0.3 is 0 Å². The number of halogens is 1. The zero-order valence-electron chi connectivity index (χ0n) is 11.3. The SMILES string of the molecule is O=C(CN[C@H]1CCc2ncnn2C1)Nc1ccc(Cl)cn1. The van der Waals surface area contributed by atoms with Gasteiger partial charge in [-0.3, -0.25) is 4.79 Å². The number of aromatic nitrogens is 4. The number of nitrogens with one attached hydrogen (secondary N) is 2. The second kappa shape index (κ2) is 6.19. The van der Waals surface area contributed by atoms with Crippen LogP contribution in [0.4, 0.5) is 5.82 Å². The summed E-state index contributed by atoms with van der Waals surface area (Å²) in [6, 6.07) is 3.58. The summed E-state index contributed by atoms with van der Waals surface area (Å²) in [4.78, 5) is 20.1. The van der Waals surface area contributed by atoms with Crippen molar-refractivity contribution >= 4 is 23.3 Å². The van der Waals surface area contributed by atoms with E-state index in [4.69, 9.17) is 11.6 Å². The summed E-state index contributed by atoms with van der Waals surface area (Å²) in [6.07, 6.45) is 4.89. The molecule has 8 heteroatoms. The first-order chi connectivity index (χ1) is 10.2. The third kappa shape index (κ3) is 3.56. The molecule has 2 N–H and O–H groups in total. The fourth-order valence-corrected chi connectivity index (χ4v) is 2.39. The van der Waals surface area contributed by atoms with Crippen molar-refractivity contribution in [3.63, 3.8) is 0 Å². The van der Waals surface area contributed by atoms with Gasteiger partial charge in [-0.25, -0.2) is 14.6 Å². The van der Waals surface area contributed by atoms with Crippen molar-refractivity contribution in [3.8, 4) is 0 Å². The molecule has 21 heavy (non-hydrogen) atoms. The molecule has 1 aliphatic heterocycles. The molecule has 1 amide bonds. The minimum atomic E-state index is -0.130. The average Bonchev–Trinajstić information content (AvgIpc) is 2.95. The fourth-order valence-electron chi connectivity index (χ4n) is 2.28. The molecule has 0 radical (unpaired) electrons. The first kappa shape index (κ1) is 14.0. The van der Waals surface area contributed by atoms with Crippen LogP contribution in [0.2, 0.25) is 5.02 Å². The van der Waals surface area contributed by atoms with Crippen molar-refractivity contribution in [2.45, 2.75) is 25.4 Å².